The Morgan fingerprint density at radius 1 is 1.26 bits per heavy atom. The van der Waals surface area contributed by atoms with E-state index in [1.165, 1.54) is 35.2 Å². The summed E-state index contributed by atoms with van der Waals surface area (Å²) in [5.74, 6) is 1.38. The number of hydrogen-bond donors (Lipinski definition) is 0. The van der Waals surface area contributed by atoms with Crippen molar-refractivity contribution in [3.63, 3.8) is 0 Å². The lowest BCUT2D eigenvalue weighted by Crippen LogP contribution is -2.23. The van der Waals surface area contributed by atoms with Crippen molar-refractivity contribution in [2.75, 3.05) is 0 Å². The Hall–Kier alpha value is -2.19. The zero-order valence-electron chi connectivity index (χ0n) is 15.1. The summed E-state index contributed by atoms with van der Waals surface area (Å²) in [5, 5.41) is 11.2. The van der Waals surface area contributed by atoms with E-state index in [1.54, 1.807) is 10.6 Å². The smallest absolute Gasteiger partial charge is 0.272 e. The van der Waals surface area contributed by atoms with Crippen molar-refractivity contribution in [2.45, 2.75) is 37.7 Å². The molecule has 0 amide bonds. The maximum absolute atomic E-state index is 13.4. The van der Waals surface area contributed by atoms with Crippen LogP contribution in [0.5, 0.6) is 0 Å². The summed E-state index contributed by atoms with van der Waals surface area (Å²) in [5.41, 5.74) is 1.70. The molecule has 27 heavy (non-hydrogen) atoms. The Morgan fingerprint density at radius 2 is 2.11 bits per heavy atom. The summed E-state index contributed by atoms with van der Waals surface area (Å²) in [6.45, 7) is 4.88. The second kappa shape index (κ2) is 7.44. The average molecular weight is 403 g/mol. The molecule has 0 N–H and O–H groups in total. The number of fused-ring (bicyclic) bond motifs is 3. The minimum atomic E-state index is -0.248. The molecule has 4 rings (SSSR count). The van der Waals surface area contributed by atoms with E-state index in [1.807, 2.05) is 21.9 Å². The third-order valence-electron chi connectivity index (χ3n) is 4.37. The first-order chi connectivity index (χ1) is 13.0. The van der Waals surface area contributed by atoms with Gasteiger partial charge in [0.25, 0.3) is 5.56 Å². The number of rotatable bonds is 6. The number of hydrogen-bond acceptors (Lipinski definition) is 5. The highest BCUT2D eigenvalue weighted by Crippen LogP contribution is 2.26. The molecular formula is C19H19FN4OS2. The zero-order chi connectivity index (χ0) is 19.0. The molecule has 0 saturated heterocycles. The van der Waals surface area contributed by atoms with Gasteiger partial charge in [0.15, 0.2) is 5.16 Å². The second-order valence-corrected chi connectivity index (χ2v) is 8.67. The van der Waals surface area contributed by atoms with Gasteiger partial charge < -0.3 is 0 Å². The number of halogens is 1. The van der Waals surface area contributed by atoms with Crippen LogP contribution in [0.25, 0.3) is 16.0 Å². The fraction of sp³-hybridized carbons (Fsp3) is 0.316. The summed E-state index contributed by atoms with van der Waals surface area (Å²) < 4.78 is 17.8. The highest BCUT2D eigenvalue weighted by atomic mass is 32.2. The van der Waals surface area contributed by atoms with Crippen molar-refractivity contribution in [1.82, 2.24) is 19.2 Å². The topological polar surface area (TPSA) is 52.2 Å². The van der Waals surface area contributed by atoms with Crippen molar-refractivity contribution in [1.29, 1.82) is 0 Å². The van der Waals surface area contributed by atoms with E-state index in [4.69, 9.17) is 0 Å². The zero-order valence-corrected chi connectivity index (χ0v) is 16.7. The molecule has 3 heterocycles. The van der Waals surface area contributed by atoms with Gasteiger partial charge in [0.05, 0.1) is 5.52 Å². The monoisotopic (exact) mass is 402 g/mol. The Bertz CT molecular complexity index is 1160. The normalized spacial score (nSPS) is 11.9. The molecule has 0 radical (unpaired) electrons. The first-order valence-electron chi connectivity index (χ1n) is 8.77. The van der Waals surface area contributed by atoms with Gasteiger partial charge in [-0.2, -0.15) is 0 Å². The molecule has 0 aliphatic carbocycles. The lowest BCUT2D eigenvalue weighted by atomic mass is 10.1. The number of thioether (sulfide) groups is 1. The van der Waals surface area contributed by atoms with Gasteiger partial charge >= 0.3 is 0 Å². The van der Waals surface area contributed by atoms with Gasteiger partial charge in [0.1, 0.15) is 10.5 Å². The molecule has 8 heteroatoms. The molecule has 0 atom stereocenters. The molecule has 0 unspecified atom stereocenters. The lowest BCUT2D eigenvalue weighted by Gasteiger charge is -2.10. The lowest BCUT2D eigenvalue weighted by molar-refractivity contribution is 0.512. The summed E-state index contributed by atoms with van der Waals surface area (Å²) in [6.07, 6.45) is 0.894. The van der Waals surface area contributed by atoms with Gasteiger partial charge in [0.2, 0.25) is 5.78 Å². The van der Waals surface area contributed by atoms with Crippen LogP contribution >= 0.6 is 23.1 Å². The van der Waals surface area contributed by atoms with Crippen LogP contribution in [0, 0.1) is 11.7 Å². The molecule has 0 saturated carbocycles. The van der Waals surface area contributed by atoms with Gasteiger partial charge in [-0.25, -0.2) is 4.39 Å². The van der Waals surface area contributed by atoms with Crippen LogP contribution in [-0.2, 0) is 12.3 Å². The molecule has 0 spiro atoms. The number of aryl methyl sites for hydroxylation is 1. The number of thiophene rings is 1. The summed E-state index contributed by atoms with van der Waals surface area (Å²) in [4.78, 5) is 12.9. The van der Waals surface area contributed by atoms with Crippen LogP contribution in [0.2, 0.25) is 0 Å². The van der Waals surface area contributed by atoms with Crippen molar-refractivity contribution in [3.05, 3.63) is 57.4 Å². The largest absolute Gasteiger partial charge is 0.276 e. The van der Waals surface area contributed by atoms with Crippen LogP contribution in [0.1, 0.15) is 25.8 Å². The molecule has 0 aliphatic rings. The summed E-state index contributed by atoms with van der Waals surface area (Å²) in [7, 11) is 0. The molecule has 1 aromatic carbocycles. The van der Waals surface area contributed by atoms with Gasteiger partial charge in [-0.05, 0) is 41.5 Å². The Balaban J connectivity index is 1.77. The van der Waals surface area contributed by atoms with E-state index >= 15 is 0 Å². The van der Waals surface area contributed by atoms with Crippen LogP contribution in [0.15, 0.2) is 45.7 Å². The molecule has 5 nitrogen and oxygen atoms in total. The first-order valence-corrected chi connectivity index (χ1v) is 10.6. The number of benzene rings is 1. The highest BCUT2D eigenvalue weighted by molar-refractivity contribution is 7.98. The van der Waals surface area contributed by atoms with E-state index in [0.717, 1.165) is 17.5 Å². The van der Waals surface area contributed by atoms with Crippen molar-refractivity contribution in [3.8, 4) is 0 Å². The summed E-state index contributed by atoms with van der Waals surface area (Å²) >= 11 is 2.92. The molecule has 0 fully saturated rings. The van der Waals surface area contributed by atoms with E-state index in [0.29, 0.717) is 33.8 Å². The van der Waals surface area contributed by atoms with Gasteiger partial charge in [-0.1, -0.05) is 37.7 Å². The predicted octanol–water partition coefficient (Wildman–Crippen LogP) is 4.58. The van der Waals surface area contributed by atoms with Gasteiger partial charge in [-0.15, -0.1) is 21.5 Å². The Morgan fingerprint density at radius 3 is 2.89 bits per heavy atom. The third-order valence-corrected chi connectivity index (χ3v) is 6.26. The molecule has 0 aliphatic heterocycles. The van der Waals surface area contributed by atoms with E-state index < -0.39 is 0 Å². The van der Waals surface area contributed by atoms with Gasteiger partial charge in [0, 0.05) is 12.3 Å². The SMILES string of the molecule is CC(C)CCn1c(=O)c2sccc2n2c(SCc3cccc(F)c3)nnc12. The third kappa shape index (κ3) is 3.51. The number of aromatic nitrogens is 4. The quantitative estimate of drug-likeness (QED) is 0.443. The fourth-order valence-electron chi connectivity index (χ4n) is 2.96. The van der Waals surface area contributed by atoms with Crippen molar-refractivity contribution >= 4 is 39.1 Å². The predicted molar refractivity (Wildman–Crippen MR) is 108 cm³/mol. The number of nitrogens with zero attached hydrogens (tertiary/aromatic N) is 4. The fourth-order valence-corrected chi connectivity index (χ4v) is 4.66. The highest BCUT2D eigenvalue weighted by Gasteiger charge is 2.18. The molecule has 3 aromatic heterocycles. The minimum absolute atomic E-state index is 0.0118. The van der Waals surface area contributed by atoms with E-state index in [2.05, 4.69) is 24.0 Å². The molecule has 140 valence electrons. The first kappa shape index (κ1) is 18.2. The molecule has 4 aromatic rings. The Kier molecular flexibility index (Phi) is 5.01. The second-order valence-electron chi connectivity index (χ2n) is 6.81. The van der Waals surface area contributed by atoms with Crippen LogP contribution in [-0.4, -0.2) is 19.2 Å². The molecular weight excluding hydrogens is 383 g/mol. The molecule has 0 bridgehead atoms. The minimum Gasteiger partial charge on any atom is -0.276 e. The van der Waals surface area contributed by atoms with E-state index in [9.17, 15) is 9.18 Å². The maximum atomic E-state index is 13.4. The average Bonchev–Trinajstić information content (AvgIpc) is 3.26. The van der Waals surface area contributed by atoms with Crippen LogP contribution in [0.3, 0.4) is 0 Å². The van der Waals surface area contributed by atoms with Crippen LogP contribution < -0.4 is 5.56 Å². The standard InChI is InChI=1S/C19H19FN4OS2/c1-12(2)6-8-23-17(25)16-15(7-9-26-16)24-18(23)21-22-19(24)27-11-13-4-3-5-14(20)10-13/h3-5,7,9-10,12H,6,8,11H2,1-2H3. The van der Waals surface area contributed by atoms with Crippen molar-refractivity contribution < 1.29 is 4.39 Å². The van der Waals surface area contributed by atoms with Gasteiger partial charge in [-0.3, -0.25) is 13.8 Å². The maximum Gasteiger partial charge on any atom is 0.272 e. The van der Waals surface area contributed by atoms with E-state index in [-0.39, 0.29) is 11.4 Å². The van der Waals surface area contributed by atoms with Crippen molar-refractivity contribution in [2.24, 2.45) is 5.92 Å². The Labute approximate surface area is 163 Å². The summed E-state index contributed by atoms with van der Waals surface area (Å²) in [6, 6.07) is 8.47. The van der Waals surface area contributed by atoms with Crippen LogP contribution in [0.4, 0.5) is 4.39 Å².